The summed E-state index contributed by atoms with van der Waals surface area (Å²) >= 11 is 6.68. The van der Waals surface area contributed by atoms with Gasteiger partial charge in [-0.3, -0.25) is 4.98 Å². The second kappa shape index (κ2) is 6.33. The van der Waals surface area contributed by atoms with Crippen molar-refractivity contribution in [1.82, 2.24) is 4.98 Å². The average molecular weight is 399 g/mol. The molecular formula is C14H10Br2FN3. The third kappa shape index (κ3) is 3.56. The lowest BCUT2D eigenvalue weighted by atomic mass is 10.1. The number of pyridine rings is 1. The maximum atomic E-state index is 13.4. The first-order chi connectivity index (χ1) is 9.49. The number of aryl methyl sites for hydroxylation is 1. The molecule has 0 aliphatic heterocycles. The fourth-order valence-corrected chi connectivity index (χ4v) is 3.00. The molecule has 0 spiro atoms. The van der Waals surface area contributed by atoms with Crippen LogP contribution >= 0.6 is 31.9 Å². The van der Waals surface area contributed by atoms with E-state index in [2.05, 4.69) is 48.2 Å². The summed E-state index contributed by atoms with van der Waals surface area (Å²) in [7, 11) is 0. The van der Waals surface area contributed by atoms with Crippen LogP contribution < -0.4 is 5.32 Å². The van der Waals surface area contributed by atoms with Gasteiger partial charge < -0.3 is 5.32 Å². The molecule has 1 aromatic heterocycles. The van der Waals surface area contributed by atoms with Crippen molar-refractivity contribution in [2.45, 2.75) is 13.0 Å². The molecule has 2 aromatic rings. The van der Waals surface area contributed by atoms with Crippen LogP contribution in [0.25, 0.3) is 0 Å². The summed E-state index contributed by atoms with van der Waals surface area (Å²) in [4.78, 5) is 4.22. The van der Waals surface area contributed by atoms with E-state index in [0.29, 0.717) is 15.9 Å². The number of nitrogens with one attached hydrogen (secondary N) is 1. The van der Waals surface area contributed by atoms with Crippen molar-refractivity contribution in [3.05, 3.63) is 56.5 Å². The molecule has 0 fully saturated rings. The topological polar surface area (TPSA) is 48.7 Å². The zero-order chi connectivity index (χ0) is 14.7. The number of aromatic nitrogens is 1. The molecular weight excluding hydrogens is 389 g/mol. The SMILES string of the molecule is Cc1cc(F)cc(NC(C#N)c2ncc(Br)cc2Br)c1. The summed E-state index contributed by atoms with van der Waals surface area (Å²) in [5, 5.41) is 12.3. The van der Waals surface area contributed by atoms with Crippen LogP contribution in [0.5, 0.6) is 0 Å². The van der Waals surface area contributed by atoms with Crippen LogP contribution in [0.15, 0.2) is 39.4 Å². The van der Waals surface area contributed by atoms with E-state index in [4.69, 9.17) is 0 Å². The predicted octanol–water partition coefficient (Wildman–Crippen LogP) is 4.73. The van der Waals surface area contributed by atoms with Gasteiger partial charge in [0.1, 0.15) is 5.82 Å². The molecule has 20 heavy (non-hydrogen) atoms. The zero-order valence-corrected chi connectivity index (χ0v) is 13.7. The molecule has 1 atom stereocenters. The van der Waals surface area contributed by atoms with Crippen molar-refractivity contribution >= 4 is 37.5 Å². The molecule has 1 unspecified atom stereocenters. The van der Waals surface area contributed by atoms with Crippen LogP contribution in [-0.4, -0.2) is 4.98 Å². The Morgan fingerprint density at radius 2 is 2.05 bits per heavy atom. The number of anilines is 1. The van der Waals surface area contributed by atoms with Crippen LogP contribution in [0.2, 0.25) is 0 Å². The summed E-state index contributed by atoms with van der Waals surface area (Å²) < 4.78 is 14.9. The van der Waals surface area contributed by atoms with Gasteiger partial charge in [-0.05, 0) is 68.6 Å². The number of halogens is 3. The molecule has 0 bridgehead atoms. The molecule has 6 heteroatoms. The van der Waals surface area contributed by atoms with Crippen molar-refractivity contribution in [2.24, 2.45) is 0 Å². The van der Waals surface area contributed by atoms with Crippen molar-refractivity contribution in [1.29, 1.82) is 5.26 Å². The minimum absolute atomic E-state index is 0.341. The molecule has 0 aliphatic rings. The normalized spacial score (nSPS) is 11.8. The molecule has 1 heterocycles. The molecule has 0 saturated carbocycles. The lowest BCUT2D eigenvalue weighted by Crippen LogP contribution is -2.11. The van der Waals surface area contributed by atoms with Gasteiger partial charge in [-0.25, -0.2) is 4.39 Å². The Morgan fingerprint density at radius 3 is 2.65 bits per heavy atom. The Hall–Kier alpha value is -1.45. The third-order valence-electron chi connectivity index (χ3n) is 2.59. The zero-order valence-electron chi connectivity index (χ0n) is 10.5. The fraction of sp³-hybridized carbons (Fsp3) is 0.143. The maximum Gasteiger partial charge on any atom is 0.158 e. The smallest absolute Gasteiger partial charge is 0.158 e. The Morgan fingerprint density at radius 1 is 1.30 bits per heavy atom. The van der Waals surface area contributed by atoms with Gasteiger partial charge in [0, 0.05) is 20.8 Å². The highest BCUT2D eigenvalue weighted by molar-refractivity contribution is 9.11. The van der Waals surface area contributed by atoms with Crippen molar-refractivity contribution in [3.8, 4) is 6.07 Å². The first-order valence-corrected chi connectivity index (χ1v) is 7.32. The molecule has 0 radical (unpaired) electrons. The van der Waals surface area contributed by atoms with Gasteiger partial charge in [0.15, 0.2) is 6.04 Å². The molecule has 1 N–H and O–H groups in total. The third-order valence-corrected chi connectivity index (χ3v) is 3.66. The van der Waals surface area contributed by atoms with Crippen LogP contribution in [-0.2, 0) is 0 Å². The summed E-state index contributed by atoms with van der Waals surface area (Å²) in [5.74, 6) is -0.341. The highest BCUT2D eigenvalue weighted by Crippen LogP contribution is 2.27. The summed E-state index contributed by atoms with van der Waals surface area (Å²) in [5.41, 5.74) is 1.88. The number of nitriles is 1. The van der Waals surface area contributed by atoms with Gasteiger partial charge in [0.2, 0.25) is 0 Å². The average Bonchev–Trinajstić information content (AvgIpc) is 2.35. The van der Waals surface area contributed by atoms with Crippen LogP contribution in [0.1, 0.15) is 17.3 Å². The molecule has 102 valence electrons. The molecule has 0 amide bonds. The quantitative estimate of drug-likeness (QED) is 0.812. The monoisotopic (exact) mass is 397 g/mol. The summed E-state index contributed by atoms with van der Waals surface area (Å²) in [6.45, 7) is 1.80. The Bertz CT molecular complexity index is 662. The largest absolute Gasteiger partial charge is 0.365 e. The van der Waals surface area contributed by atoms with Crippen molar-refractivity contribution in [2.75, 3.05) is 5.32 Å². The highest BCUT2D eigenvalue weighted by Gasteiger charge is 2.16. The van der Waals surface area contributed by atoms with Crippen LogP contribution in [0, 0.1) is 24.1 Å². The minimum Gasteiger partial charge on any atom is -0.365 e. The Balaban J connectivity index is 2.31. The Labute approximate surface area is 133 Å². The Kier molecular flexibility index (Phi) is 4.73. The van der Waals surface area contributed by atoms with E-state index in [-0.39, 0.29) is 5.82 Å². The van der Waals surface area contributed by atoms with Crippen LogP contribution in [0.4, 0.5) is 10.1 Å². The molecule has 1 aromatic carbocycles. The van der Waals surface area contributed by atoms with Gasteiger partial charge in [-0.15, -0.1) is 0 Å². The van der Waals surface area contributed by atoms with Gasteiger partial charge >= 0.3 is 0 Å². The lowest BCUT2D eigenvalue weighted by Gasteiger charge is -2.14. The molecule has 0 aliphatic carbocycles. The minimum atomic E-state index is -0.668. The van der Waals surface area contributed by atoms with Gasteiger partial charge in [0.25, 0.3) is 0 Å². The molecule has 0 saturated heterocycles. The fourth-order valence-electron chi connectivity index (χ4n) is 1.79. The van der Waals surface area contributed by atoms with Gasteiger partial charge in [-0.2, -0.15) is 5.26 Å². The number of hydrogen-bond donors (Lipinski definition) is 1. The number of nitrogens with zero attached hydrogens (tertiary/aromatic N) is 2. The van der Waals surface area contributed by atoms with Crippen molar-refractivity contribution < 1.29 is 4.39 Å². The summed E-state index contributed by atoms with van der Waals surface area (Å²) in [6, 6.07) is 7.83. The number of benzene rings is 1. The second-order valence-electron chi connectivity index (χ2n) is 4.24. The van der Waals surface area contributed by atoms with E-state index < -0.39 is 6.04 Å². The van der Waals surface area contributed by atoms with Gasteiger partial charge in [-0.1, -0.05) is 0 Å². The van der Waals surface area contributed by atoms with E-state index in [1.807, 2.05) is 6.07 Å². The maximum absolute atomic E-state index is 13.4. The number of hydrogen-bond acceptors (Lipinski definition) is 3. The first kappa shape index (κ1) is 14.9. The van der Waals surface area contributed by atoms with E-state index in [1.54, 1.807) is 19.2 Å². The standard InChI is InChI=1S/C14H10Br2FN3/c1-8-2-10(17)5-11(3-8)20-13(6-18)14-12(16)4-9(15)7-19-14/h2-5,7,13,20H,1H3. The van der Waals surface area contributed by atoms with Crippen LogP contribution in [0.3, 0.4) is 0 Å². The van der Waals surface area contributed by atoms with E-state index in [1.165, 1.54) is 12.1 Å². The first-order valence-electron chi connectivity index (χ1n) is 5.74. The molecule has 3 nitrogen and oxygen atoms in total. The van der Waals surface area contributed by atoms with Crippen molar-refractivity contribution in [3.63, 3.8) is 0 Å². The van der Waals surface area contributed by atoms with E-state index in [9.17, 15) is 9.65 Å². The summed E-state index contributed by atoms with van der Waals surface area (Å²) in [6.07, 6.45) is 1.61. The van der Waals surface area contributed by atoms with Gasteiger partial charge in [0.05, 0.1) is 11.8 Å². The highest BCUT2D eigenvalue weighted by atomic mass is 79.9. The number of rotatable bonds is 3. The molecule has 2 rings (SSSR count). The predicted molar refractivity (Wildman–Crippen MR) is 82.8 cm³/mol. The van der Waals surface area contributed by atoms with E-state index >= 15 is 0 Å². The van der Waals surface area contributed by atoms with E-state index in [0.717, 1.165) is 10.0 Å². The lowest BCUT2D eigenvalue weighted by molar-refractivity contribution is 0.627. The second-order valence-corrected chi connectivity index (χ2v) is 6.01.